The van der Waals surface area contributed by atoms with Gasteiger partial charge in [-0.3, -0.25) is 0 Å². The molecule has 0 spiro atoms. The van der Waals surface area contributed by atoms with Crippen LogP contribution in [0.3, 0.4) is 0 Å². The molecule has 156 valence electrons. The van der Waals surface area contributed by atoms with Crippen molar-refractivity contribution < 1.29 is 0 Å². The number of pyridine rings is 1. The Balaban J connectivity index is 0.00000171. The number of hydrogen-bond donors (Lipinski definition) is 1. The van der Waals surface area contributed by atoms with Crippen molar-refractivity contribution in [3.8, 4) is 0 Å². The fourth-order valence-electron chi connectivity index (χ4n) is 2.23. The lowest BCUT2D eigenvalue weighted by Crippen LogP contribution is -2.24. The molecule has 0 bridgehead atoms. The standard InChI is InChI=1S/C18H22Cl2N2S2.C2H6.C2H4/c1-3-5-16-14(7-9-23-16)6-4-8-21-11-13(2)24-17-12-22-18(20)10-15(17)19;2*1-2/h5-7,9-10,12-13,21H,3-4,8,11H2,1-2H3;1-2H3;1-2H2/b14-6-,16-5+;;. The molecule has 1 unspecified atom stereocenters. The second-order valence-corrected chi connectivity index (χ2v) is 8.64. The maximum atomic E-state index is 6.18. The van der Waals surface area contributed by atoms with Gasteiger partial charge in [-0.05, 0) is 42.1 Å². The zero-order valence-corrected chi connectivity index (χ0v) is 20.4. The van der Waals surface area contributed by atoms with Gasteiger partial charge in [0.1, 0.15) is 5.15 Å². The second-order valence-electron chi connectivity index (χ2n) is 5.42. The predicted molar refractivity (Wildman–Crippen MR) is 132 cm³/mol. The summed E-state index contributed by atoms with van der Waals surface area (Å²) in [6.07, 6.45) is 8.44. The van der Waals surface area contributed by atoms with Crippen molar-refractivity contribution in [2.75, 3.05) is 13.1 Å². The van der Waals surface area contributed by atoms with Gasteiger partial charge in [0, 0.05) is 27.4 Å². The summed E-state index contributed by atoms with van der Waals surface area (Å²) in [4.78, 5) is 5.06. The van der Waals surface area contributed by atoms with Gasteiger partial charge in [-0.25, -0.2) is 4.98 Å². The summed E-state index contributed by atoms with van der Waals surface area (Å²) >= 11 is 15.5. The van der Waals surface area contributed by atoms with E-state index in [-0.39, 0.29) is 0 Å². The normalized spacial score (nSPS) is 12.6. The zero-order chi connectivity index (χ0) is 21.4. The van der Waals surface area contributed by atoms with Crippen molar-refractivity contribution in [2.24, 2.45) is 0 Å². The highest BCUT2D eigenvalue weighted by Crippen LogP contribution is 2.30. The third-order valence-corrected chi connectivity index (χ3v) is 6.06. The van der Waals surface area contributed by atoms with Gasteiger partial charge in [0.15, 0.2) is 0 Å². The van der Waals surface area contributed by atoms with Gasteiger partial charge in [0.2, 0.25) is 0 Å². The smallest absolute Gasteiger partial charge is 0.130 e. The maximum Gasteiger partial charge on any atom is 0.130 e. The Morgan fingerprint density at radius 2 is 2.00 bits per heavy atom. The molecule has 0 saturated carbocycles. The molecular weight excluding hydrogens is 427 g/mol. The summed E-state index contributed by atoms with van der Waals surface area (Å²) in [5, 5.41) is 8.52. The van der Waals surface area contributed by atoms with Crippen LogP contribution in [-0.2, 0) is 0 Å². The molecule has 0 aliphatic rings. The minimum Gasteiger partial charge on any atom is -0.315 e. The first-order valence-electron chi connectivity index (χ1n) is 9.52. The van der Waals surface area contributed by atoms with E-state index in [1.54, 1.807) is 24.0 Å². The molecule has 0 aliphatic heterocycles. The fourth-order valence-corrected chi connectivity index (χ4v) is 4.56. The monoisotopic (exact) mass is 458 g/mol. The van der Waals surface area contributed by atoms with Crippen LogP contribution in [-0.4, -0.2) is 23.3 Å². The van der Waals surface area contributed by atoms with Gasteiger partial charge in [-0.1, -0.05) is 63.0 Å². The SMILES string of the molecule is C=C.CC.CC/C=c1/scc/c1=C/CCNCC(C)Sc1cnc(Cl)cc1Cl. The Kier molecular flexibility index (Phi) is 16.6. The van der Waals surface area contributed by atoms with Crippen LogP contribution >= 0.6 is 46.3 Å². The van der Waals surface area contributed by atoms with Crippen LogP contribution in [0, 0.1) is 0 Å². The Hall–Kier alpha value is -0.780. The number of halogens is 2. The predicted octanol–water partition coefficient (Wildman–Crippen LogP) is 6.41. The van der Waals surface area contributed by atoms with Crippen LogP contribution < -0.4 is 15.1 Å². The van der Waals surface area contributed by atoms with Crippen LogP contribution in [0.5, 0.6) is 0 Å². The lowest BCUT2D eigenvalue weighted by molar-refractivity contribution is 0.693. The highest BCUT2D eigenvalue weighted by molar-refractivity contribution is 8.00. The van der Waals surface area contributed by atoms with Crippen LogP contribution in [0.25, 0.3) is 12.2 Å². The highest BCUT2D eigenvalue weighted by Gasteiger charge is 2.08. The summed E-state index contributed by atoms with van der Waals surface area (Å²) in [7, 11) is 0. The van der Waals surface area contributed by atoms with Crippen molar-refractivity contribution in [2.45, 2.75) is 50.7 Å². The van der Waals surface area contributed by atoms with E-state index in [4.69, 9.17) is 23.2 Å². The molecule has 0 aromatic carbocycles. The van der Waals surface area contributed by atoms with Crippen molar-refractivity contribution in [1.82, 2.24) is 10.3 Å². The van der Waals surface area contributed by atoms with E-state index < -0.39 is 0 Å². The molecule has 0 saturated heterocycles. The highest BCUT2D eigenvalue weighted by atomic mass is 35.5. The number of nitrogens with zero attached hydrogens (tertiary/aromatic N) is 1. The van der Waals surface area contributed by atoms with Crippen molar-refractivity contribution in [3.05, 3.63) is 56.8 Å². The van der Waals surface area contributed by atoms with Crippen molar-refractivity contribution in [3.63, 3.8) is 0 Å². The molecule has 0 amide bonds. The first-order valence-corrected chi connectivity index (χ1v) is 12.0. The molecule has 2 heterocycles. The lowest BCUT2D eigenvalue weighted by Gasteiger charge is -2.12. The quantitative estimate of drug-likeness (QED) is 0.214. The van der Waals surface area contributed by atoms with E-state index in [0.29, 0.717) is 15.4 Å². The van der Waals surface area contributed by atoms with Crippen LogP contribution in [0.15, 0.2) is 41.8 Å². The van der Waals surface area contributed by atoms with Crippen molar-refractivity contribution in [1.29, 1.82) is 0 Å². The number of thioether (sulfide) groups is 1. The summed E-state index contributed by atoms with van der Waals surface area (Å²) in [5.74, 6) is 0. The summed E-state index contributed by atoms with van der Waals surface area (Å²) in [6.45, 7) is 16.3. The minimum absolute atomic E-state index is 0.413. The third-order valence-electron chi connectivity index (χ3n) is 3.35. The molecule has 2 aromatic rings. The number of rotatable bonds is 8. The maximum absolute atomic E-state index is 6.18. The summed E-state index contributed by atoms with van der Waals surface area (Å²) in [6, 6.07) is 3.88. The Labute approximate surface area is 188 Å². The van der Waals surface area contributed by atoms with Crippen LogP contribution in [0.4, 0.5) is 0 Å². The topological polar surface area (TPSA) is 24.9 Å². The van der Waals surface area contributed by atoms with E-state index in [1.165, 1.54) is 9.75 Å². The summed E-state index contributed by atoms with van der Waals surface area (Å²) < 4.78 is 1.38. The molecule has 2 rings (SSSR count). The van der Waals surface area contributed by atoms with Gasteiger partial charge in [-0.2, -0.15) is 0 Å². The van der Waals surface area contributed by atoms with E-state index in [1.807, 2.05) is 25.2 Å². The number of hydrogen-bond acceptors (Lipinski definition) is 4. The zero-order valence-electron chi connectivity index (χ0n) is 17.3. The van der Waals surface area contributed by atoms with E-state index in [0.717, 1.165) is 30.8 Å². The minimum atomic E-state index is 0.413. The average Bonchev–Trinajstić information content (AvgIpc) is 3.14. The Morgan fingerprint density at radius 3 is 2.64 bits per heavy atom. The Bertz CT molecular complexity index is 775. The third kappa shape index (κ3) is 10.7. The molecule has 2 nitrogen and oxygen atoms in total. The van der Waals surface area contributed by atoms with E-state index >= 15 is 0 Å². The van der Waals surface area contributed by atoms with E-state index in [9.17, 15) is 0 Å². The molecule has 0 fully saturated rings. The molecule has 1 atom stereocenters. The van der Waals surface area contributed by atoms with E-state index in [2.05, 4.69) is 60.9 Å². The van der Waals surface area contributed by atoms with Crippen molar-refractivity contribution >= 4 is 58.5 Å². The van der Waals surface area contributed by atoms with Gasteiger partial charge >= 0.3 is 0 Å². The molecule has 0 aliphatic carbocycles. The van der Waals surface area contributed by atoms with Gasteiger partial charge < -0.3 is 5.32 Å². The molecule has 6 heteroatoms. The molecule has 28 heavy (non-hydrogen) atoms. The molecule has 0 radical (unpaired) electrons. The first-order chi connectivity index (χ1) is 13.6. The fraction of sp³-hybridized carbons (Fsp3) is 0.409. The van der Waals surface area contributed by atoms with Crippen LogP contribution in [0.2, 0.25) is 10.2 Å². The number of thiophene rings is 1. The van der Waals surface area contributed by atoms with Gasteiger partial charge in [-0.15, -0.1) is 36.3 Å². The Morgan fingerprint density at radius 1 is 1.29 bits per heavy atom. The van der Waals surface area contributed by atoms with Gasteiger partial charge in [0.05, 0.1) is 5.02 Å². The van der Waals surface area contributed by atoms with Crippen LogP contribution in [0.1, 0.15) is 40.5 Å². The lowest BCUT2D eigenvalue weighted by atomic mass is 10.3. The number of nitrogens with one attached hydrogen (secondary N) is 1. The second kappa shape index (κ2) is 17.1. The van der Waals surface area contributed by atoms with Gasteiger partial charge in [0.25, 0.3) is 0 Å². The first kappa shape index (κ1) is 27.2. The molecule has 2 aromatic heterocycles. The summed E-state index contributed by atoms with van der Waals surface area (Å²) in [5.41, 5.74) is 0. The average molecular weight is 460 g/mol. The molecular formula is C22H32Cl2N2S2. The molecule has 1 N–H and O–H groups in total. The largest absolute Gasteiger partial charge is 0.315 e. The number of aromatic nitrogens is 1.